The van der Waals surface area contributed by atoms with Crippen molar-refractivity contribution >= 4 is 15.8 Å². The summed E-state index contributed by atoms with van der Waals surface area (Å²) in [6.45, 7) is 2.71. The van der Waals surface area contributed by atoms with E-state index in [0.717, 1.165) is 0 Å². The van der Waals surface area contributed by atoms with Crippen molar-refractivity contribution < 1.29 is 23.1 Å². The molecule has 0 bridgehead atoms. The number of sulfone groups is 1. The van der Waals surface area contributed by atoms with Crippen molar-refractivity contribution in [3.05, 3.63) is 0 Å². The topological polar surface area (TPSA) is 80.7 Å². The fraction of sp³-hybridized carbons (Fsp3) is 0.857. The lowest BCUT2D eigenvalue weighted by molar-refractivity contribution is -0.134. The number of hydrogen-bond donors (Lipinski definition) is 1. The maximum atomic E-state index is 11.0. The summed E-state index contributed by atoms with van der Waals surface area (Å²) in [4.78, 5) is 10.1. The second kappa shape index (κ2) is 5.93. The van der Waals surface area contributed by atoms with E-state index in [1.54, 1.807) is 0 Å². The predicted molar refractivity (Wildman–Crippen MR) is 47.4 cm³/mol. The largest absolute Gasteiger partial charge is 0.480 e. The van der Waals surface area contributed by atoms with Crippen LogP contribution >= 0.6 is 0 Å². The van der Waals surface area contributed by atoms with E-state index in [9.17, 15) is 13.2 Å². The van der Waals surface area contributed by atoms with E-state index in [-0.39, 0.29) is 5.75 Å². The Morgan fingerprint density at radius 3 is 2.54 bits per heavy atom. The standard InChI is InChI=1S/C7H14O5S/c1-2-12-4-3-5-13(10,11)6-7(8)9/h2-6H2,1H3,(H,8,9). The smallest absolute Gasteiger partial charge is 0.318 e. The molecule has 0 aliphatic carbocycles. The van der Waals surface area contributed by atoms with Gasteiger partial charge in [0.2, 0.25) is 0 Å². The Bertz CT molecular complexity index is 244. The molecule has 0 rings (SSSR count). The summed E-state index contributed by atoms with van der Waals surface area (Å²) in [7, 11) is -3.44. The highest BCUT2D eigenvalue weighted by atomic mass is 32.2. The van der Waals surface area contributed by atoms with Crippen molar-refractivity contribution in [2.45, 2.75) is 13.3 Å². The minimum absolute atomic E-state index is 0.126. The number of carbonyl (C=O) groups is 1. The van der Waals surface area contributed by atoms with E-state index in [1.165, 1.54) is 0 Å². The average molecular weight is 210 g/mol. The van der Waals surface area contributed by atoms with Crippen LogP contribution in [0.1, 0.15) is 13.3 Å². The fourth-order valence-corrected chi connectivity index (χ4v) is 1.86. The molecule has 0 saturated carbocycles. The summed E-state index contributed by atoms with van der Waals surface area (Å²) in [5, 5.41) is 8.24. The first kappa shape index (κ1) is 12.4. The van der Waals surface area contributed by atoms with Crippen LogP contribution in [0.25, 0.3) is 0 Å². The number of rotatable bonds is 7. The van der Waals surface area contributed by atoms with Crippen molar-refractivity contribution in [2.75, 3.05) is 24.7 Å². The third kappa shape index (κ3) is 7.73. The molecule has 1 N–H and O–H groups in total. The summed E-state index contributed by atoms with van der Waals surface area (Å²) < 4.78 is 26.9. The van der Waals surface area contributed by atoms with Gasteiger partial charge >= 0.3 is 5.97 Å². The van der Waals surface area contributed by atoms with Crippen molar-refractivity contribution in [3.8, 4) is 0 Å². The van der Waals surface area contributed by atoms with Crippen LogP contribution in [0, 0.1) is 0 Å². The molecular weight excluding hydrogens is 196 g/mol. The Labute approximate surface area is 77.6 Å². The Balaban J connectivity index is 3.71. The first-order valence-electron chi connectivity index (χ1n) is 3.98. The quantitative estimate of drug-likeness (QED) is 0.594. The van der Waals surface area contributed by atoms with Gasteiger partial charge < -0.3 is 9.84 Å². The molecule has 0 aliphatic rings. The highest BCUT2D eigenvalue weighted by Crippen LogP contribution is 1.94. The second-order valence-corrected chi connectivity index (χ2v) is 4.72. The monoisotopic (exact) mass is 210 g/mol. The lowest BCUT2D eigenvalue weighted by Gasteiger charge is -2.01. The lowest BCUT2D eigenvalue weighted by atomic mass is 10.5. The molecule has 0 aromatic carbocycles. The molecule has 0 atom stereocenters. The van der Waals surface area contributed by atoms with E-state index in [4.69, 9.17) is 9.84 Å². The van der Waals surface area contributed by atoms with E-state index in [1.807, 2.05) is 6.92 Å². The van der Waals surface area contributed by atoms with Gasteiger partial charge in [-0.15, -0.1) is 0 Å². The Morgan fingerprint density at radius 1 is 1.46 bits per heavy atom. The number of hydrogen-bond acceptors (Lipinski definition) is 4. The zero-order chi connectivity index (χ0) is 10.3. The summed E-state index contributed by atoms with van der Waals surface area (Å²) in [6.07, 6.45) is 0.351. The minimum Gasteiger partial charge on any atom is -0.480 e. The molecule has 0 radical (unpaired) electrons. The van der Waals surface area contributed by atoms with Crippen LogP contribution < -0.4 is 0 Å². The summed E-state index contributed by atoms with van der Waals surface area (Å²) in [5.41, 5.74) is 0. The first-order valence-corrected chi connectivity index (χ1v) is 5.80. The van der Waals surface area contributed by atoms with Crippen LogP contribution in [0.2, 0.25) is 0 Å². The SMILES string of the molecule is CCOCCCS(=O)(=O)CC(=O)O. The molecule has 0 unspecified atom stereocenters. The van der Waals surface area contributed by atoms with Crippen LogP contribution in [0.4, 0.5) is 0 Å². The normalized spacial score (nSPS) is 11.5. The number of ether oxygens (including phenoxy) is 1. The summed E-state index contributed by atoms with van der Waals surface area (Å²) >= 11 is 0. The van der Waals surface area contributed by atoms with Crippen molar-refractivity contribution in [1.82, 2.24) is 0 Å². The number of carboxylic acid groups (broad SMARTS) is 1. The zero-order valence-corrected chi connectivity index (χ0v) is 8.34. The zero-order valence-electron chi connectivity index (χ0n) is 7.52. The summed E-state index contributed by atoms with van der Waals surface area (Å²) in [5.74, 6) is -2.23. The fourth-order valence-electron chi connectivity index (χ4n) is 0.786. The van der Waals surface area contributed by atoms with Gasteiger partial charge in [-0.2, -0.15) is 0 Å². The van der Waals surface area contributed by atoms with Gasteiger partial charge in [0, 0.05) is 13.2 Å². The average Bonchev–Trinajstić information content (AvgIpc) is 1.95. The molecule has 0 amide bonds. The van der Waals surface area contributed by atoms with Gasteiger partial charge in [-0.1, -0.05) is 0 Å². The van der Waals surface area contributed by atoms with Crippen LogP contribution in [-0.2, 0) is 19.4 Å². The van der Waals surface area contributed by atoms with Gasteiger partial charge in [-0.25, -0.2) is 8.42 Å². The molecule has 13 heavy (non-hydrogen) atoms. The maximum absolute atomic E-state index is 11.0. The van der Waals surface area contributed by atoms with Crippen molar-refractivity contribution in [3.63, 3.8) is 0 Å². The van der Waals surface area contributed by atoms with E-state index < -0.39 is 21.6 Å². The third-order valence-electron chi connectivity index (χ3n) is 1.29. The maximum Gasteiger partial charge on any atom is 0.318 e. The number of carboxylic acids is 1. The van der Waals surface area contributed by atoms with Crippen molar-refractivity contribution in [2.24, 2.45) is 0 Å². The molecule has 0 aliphatic heterocycles. The predicted octanol–water partition coefficient (Wildman–Crippen LogP) is -0.0876. The first-order chi connectivity index (χ1) is 5.98. The van der Waals surface area contributed by atoms with Gasteiger partial charge in [-0.05, 0) is 13.3 Å². The van der Waals surface area contributed by atoms with Gasteiger partial charge in [0.1, 0.15) is 5.75 Å². The molecule has 0 aromatic heterocycles. The third-order valence-corrected chi connectivity index (χ3v) is 2.89. The van der Waals surface area contributed by atoms with Gasteiger partial charge in [-0.3, -0.25) is 4.79 Å². The molecule has 0 saturated heterocycles. The Morgan fingerprint density at radius 2 is 2.08 bits per heavy atom. The molecule has 5 nitrogen and oxygen atoms in total. The van der Waals surface area contributed by atoms with Gasteiger partial charge in [0.25, 0.3) is 0 Å². The molecule has 78 valence electrons. The van der Waals surface area contributed by atoms with Gasteiger partial charge in [0.05, 0.1) is 5.75 Å². The molecular formula is C7H14O5S. The molecule has 0 spiro atoms. The Kier molecular flexibility index (Phi) is 5.65. The molecule has 0 aromatic rings. The van der Waals surface area contributed by atoms with Crippen LogP contribution in [0.3, 0.4) is 0 Å². The second-order valence-electron chi connectivity index (χ2n) is 2.54. The van der Waals surface area contributed by atoms with Gasteiger partial charge in [0.15, 0.2) is 9.84 Å². The highest BCUT2D eigenvalue weighted by molar-refractivity contribution is 7.92. The van der Waals surface area contributed by atoms with Crippen molar-refractivity contribution in [1.29, 1.82) is 0 Å². The Hall–Kier alpha value is -0.620. The minimum atomic E-state index is -3.44. The molecule has 0 fully saturated rings. The number of aliphatic carboxylic acids is 1. The van der Waals surface area contributed by atoms with E-state index in [2.05, 4.69) is 0 Å². The highest BCUT2D eigenvalue weighted by Gasteiger charge is 2.14. The van der Waals surface area contributed by atoms with E-state index in [0.29, 0.717) is 19.6 Å². The van der Waals surface area contributed by atoms with Crippen LogP contribution in [-0.4, -0.2) is 44.2 Å². The molecule has 6 heteroatoms. The summed E-state index contributed by atoms with van der Waals surface area (Å²) in [6, 6.07) is 0. The molecule has 0 heterocycles. The lowest BCUT2D eigenvalue weighted by Crippen LogP contribution is -2.19. The van der Waals surface area contributed by atoms with E-state index >= 15 is 0 Å². The van der Waals surface area contributed by atoms with Crippen LogP contribution in [0.15, 0.2) is 0 Å². The van der Waals surface area contributed by atoms with Crippen LogP contribution in [0.5, 0.6) is 0 Å².